The van der Waals surface area contributed by atoms with Crippen molar-refractivity contribution in [3.05, 3.63) is 59.7 Å². The molecular weight excluding hydrogens is 332 g/mol. The molecule has 0 aliphatic rings. The van der Waals surface area contributed by atoms with Crippen LogP contribution in [0.4, 0.5) is 0 Å². The third kappa shape index (κ3) is 7.44. The molecule has 0 bridgehead atoms. The van der Waals surface area contributed by atoms with Crippen molar-refractivity contribution < 1.29 is 25.2 Å². The van der Waals surface area contributed by atoms with Gasteiger partial charge in [-0.2, -0.15) is 0 Å². The Bertz CT molecular complexity index is 575. The van der Waals surface area contributed by atoms with Crippen LogP contribution in [0.1, 0.15) is 38.8 Å². The fourth-order valence-electron chi connectivity index (χ4n) is 2.33. The van der Waals surface area contributed by atoms with Gasteiger partial charge in [0.25, 0.3) is 0 Å². The van der Waals surface area contributed by atoms with Gasteiger partial charge in [-0.25, -0.2) is 0 Å². The van der Waals surface area contributed by atoms with Crippen molar-refractivity contribution in [2.45, 2.75) is 45.3 Å². The van der Waals surface area contributed by atoms with Gasteiger partial charge in [-0.1, -0.05) is 38.1 Å². The number of phenols is 2. The minimum atomic E-state index is -0.441. The molecule has 0 saturated carbocycles. The van der Waals surface area contributed by atoms with Crippen LogP contribution >= 0.6 is 0 Å². The summed E-state index contributed by atoms with van der Waals surface area (Å²) < 4.78 is 4.86. The number of phenolic OH excluding ortho intramolecular Hbond substituents is 2. The van der Waals surface area contributed by atoms with Gasteiger partial charge in [-0.3, -0.25) is 0 Å². The summed E-state index contributed by atoms with van der Waals surface area (Å²) in [4.78, 5) is 0. The summed E-state index contributed by atoms with van der Waals surface area (Å²) in [5.41, 5.74) is 2.10. The van der Waals surface area contributed by atoms with Crippen molar-refractivity contribution in [2.75, 3.05) is 13.2 Å². The largest absolute Gasteiger partial charge is 0.508 e. The molecule has 4 N–H and O–H groups in total. The molecule has 5 heteroatoms. The lowest BCUT2D eigenvalue weighted by Gasteiger charge is -2.26. The van der Waals surface area contributed by atoms with E-state index in [4.69, 9.17) is 14.9 Å². The van der Waals surface area contributed by atoms with Gasteiger partial charge in [-0.15, -0.1) is 0 Å². The Balaban J connectivity index is 0.000000321. The van der Waals surface area contributed by atoms with Crippen LogP contribution in [0.3, 0.4) is 0 Å². The van der Waals surface area contributed by atoms with E-state index in [-0.39, 0.29) is 16.9 Å². The van der Waals surface area contributed by atoms with Crippen molar-refractivity contribution in [1.29, 1.82) is 0 Å². The summed E-state index contributed by atoms with van der Waals surface area (Å²) in [5.74, 6) is 0.547. The monoisotopic (exact) mass is 362 g/mol. The van der Waals surface area contributed by atoms with E-state index >= 15 is 0 Å². The first-order chi connectivity index (χ1) is 12.1. The van der Waals surface area contributed by atoms with E-state index in [1.54, 1.807) is 38.1 Å². The summed E-state index contributed by atoms with van der Waals surface area (Å²) in [6.07, 6.45) is -0.882. The number of aliphatic hydroxyl groups is 2. The van der Waals surface area contributed by atoms with Crippen molar-refractivity contribution in [3.63, 3.8) is 0 Å². The quantitative estimate of drug-likeness (QED) is 0.634. The molecular formula is C21H30O5. The minimum absolute atomic E-state index is 0.151. The van der Waals surface area contributed by atoms with Gasteiger partial charge in [0, 0.05) is 5.41 Å². The lowest BCUT2D eigenvalue weighted by atomic mass is 9.78. The highest BCUT2D eigenvalue weighted by Crippen LogP contribution is 2.32. The van der Waals surface area contributed by atoms with Gasteiger partial charge in [0.2, 0.25) is 0 Å². The highest BCUT2D eigenvalue weighted by Gasteiger charge is 2.22. The van der Waals surface area contributed by atoms with Crippen molar-refractivity contribution in [1.82, 2.24) is 0 Å². The SMILES string of the molecule is CC(C)(c1ccc(O)cc1)c1ccc(O)cc1.CC(O)COCC(C)O. The molecule has 5 nitrogen and oxygen atoms in total. The van der Waals surface area contributed by atoms with Crippen LogP contribution < -0.4 is 0 Å². The van der Waals surface area contributed by atoms with E-state index in [2.05, 4.69) is 13.8 Å². The zero-order valence-electron chi connectivity index (χ0n) is 15.9. The lowest BCUT2D eigenvalue weighted by molar-refractivity contribution is 0.00392. The van der Waals surface area contributed by atoms with Crippen LogP contribution in [0.5, 0.6) is 11.5 Å². The molecule has 0 radical (unpaired) electrons. The maximum Gasteiger partial charge on any atom is 0.115 e. The first-order valence-corrected chi connectivity index (χ1v) is 8.65. The predicted molar refractivity (Wildman–Crippen MR) is 103 cm³/mol. The fourth-order valence-corrected chi connectivity index (χ4v) is 2.33. The first kappa shape index (κ1) is 22.0. The smallest absolute Gasteiger partial charge is 0.115 e. The van der Waals surface area contributed by atoms with E-state index in [1.807, 2.05) is 24.3 Å². The Labute approximate surface area is 155 Å². The van der Waals surface area contributed by atoms with Gasteiger partial charge in [0.1, 0.15) is 11.5 Å². The van der Waals surface area contributed by atoms with Gasteiger partial charge < -0.3 is 25.2 Å². The molecule has 2 aromatic rings. The van der Waals surface area contributed by atoms with Crippen LogP contribution in [0.25, 0.3) is 0 Å². The second-order valence-electron chi connectivity index (χ2n) is 6.95. The number of rotatable bonds is 6. The Morgan fingerprint density at radius 3 is 1.31 bits per heavy atom. The Kier molecular flexibility index (Phi) is 8.58. The molecule has 144 valence electrons. The van der Waals surface area contributed by atoms with Gasteiger partial charge in [0.15, 0.2) is 0 Å². The van der Waals surface area contributed by atoms with E-state index < -0.39 is 12.2 Å². The Morgan fingerprint density at radius 1 is 0.731 bits per heavy atom. The second kappa shape index (κ2) is 10.2. The van der Waals surface area contributed by atoms with Crippen LogP contribution in [0, 0.1) is 0 Å². The molecule has 0 aliphatic heterocycles. The summed E-state index contributed by atoms with van der Waals surface area (Å²) in [6, 6.07) is 14.4. The number of hydrogen-bond donors (Lipinski definition) is 4. The van der Waals surface area contributed by atoms with E-state index in [0.717, 1.165) is 11.1 Å². The van der Waals surface area contributed by atoms with Gasteiger partial charge in [0.05, 0.1) is 25.4 Å². The zero-order chi connectivity index (χ0) is 19.7. The maximum absolute atomic E-state index is 9.30. The summed E-state index contributed by atoms with van der Waals surface area (Å²) in [5, 5.41) is 35.9. The van der Waals surface area contributed by atoms with Gasteiger partial charge in [-0.05, 0) is 49.2 Å². The summed E-state index contributed by atoms with van der Waals surface area (Å²) >= 11 is 0. The molecule has 26 heavy (non-hydrogen) atoms. The molecule has 0 saturated heterocycles. The number of benzene rings is 2. The summed E-state index contributed by atoms with van der Waals surface area (Å²) in [6.45, 7) is 8.11. The number of hydrogen-bond acceptors (Lipinski definition) is 5. The van der Waals surface area contributed by atoms with Crippen LogP contribution in [-0.2, 0) is 10.2 Å². The Morgan fingerprint density at radius 2 is 1.04 bits per heavy atom. The van der Waals surface area contributed by atoms with E-state index in [1.165, 1.54) is 0 Å². The number of ether oxygens (including phenoxy) is 1. The molecule has 2 aromatic carbocycles. The number of aliphatic hydroxyl groups excluding tert-OH is 2. The molecule has 0 aliphatic carbocycles. The van der Waals surface area contributed by atoms with E-state index in [9.17, 15) is 10.2 Å². The highest BCUT2D eigenvalue weighted by molar-refractivity contribution is 5.41. The highest BCUT2D eigenvalue weighted by atomic mass is 16.5. The average molecular weight is 362 g/mol. The molecule has 0 amide bonds. The standard InChI is InChI=1S/C15H16O2.C6H14O3/c1-15(2,11-3-7-13(16)8-4-11)12-5-9-14(17)10-6-12;1-5(7)3-9-4-6(2)8/h3-10,16-17H,1-2H3;5-8H,3-4H2,1-2H3. The molecule has 2 rings (SSSR count). The van der Waals surface area contributed by atoms with Crippen LogP contribution in [-0.4, -0.2) is 45.8 Å². The predicted octanol–water partition coefficient (Wildman–Crippen LogP) is 3.19. The van der Waals surface area contributed by atoms with Crippen molar-refractivity contribution in [2.24, 2.45) is 0 Å². The Hall–Kier alpha value is -2.08. The molecule has 2 atom stereocenters. The number of aromatic hydroxyl groups is 2. The molecule has 0 spiro atoms. The molecule has 0 aromatic heterocycles. The normalized spacial score (nSPS) is 13.5. The zero-order valence-corrected chi connectivity index (χ0v) is 15.9. The average Bonchev–Trinajstić information content (AvgIpc) is 2.55. The first-order valence-electron chi connectivity index (χ1n) is 8.65. The molecule has 0 heterocycles. The lowest BCUT2D eigenvalue weighted by Crippen LogP contribution is -2.18. The van der Waals surface area contributed by atoms with Crippen molar-refractivity contribution in [3.8, 4) is 11.5 Å². The van der Waals surface area contributed by atoms with Crippen LogP contribution in [0.15, 0.2) is 48.5 Å². The minimum Gasteiger partial charge on any atom is -0.508 e. The maximum atomic E-state index is 9.30. The molecule has 2 unspecified atom stereocenters. The second-order valence-corrected chi connectivity index (χ2v) is 6.95. The third-order valence-corrected chi connectivity index (χ3v) is 3.90. The van der Waals surface area contributed by atoms with Gasteiger partial charge >= 0.3 is 0 Å². The van der Waals surface area contributed by atoms with E-state index in [0.29, 0.717) is 13.2 Å². The van der Waals surface area contributed by atoms with Crippen molar-refractivity contribution >= 4 is 0 Å². The fraction of sp³-hybridized carbons (Fsp3) is 0.429. The topological polar surface area (TPSA) is 90.2 Å². The summed E-state index contributed by atoms with van der Waals surface area (Å²) in [7, 11) is 0. The van der Waals surface area contributed by atoms with Crippen LogP contribution in [0.2, 0.25) is 0 Å². The third-order valence-electron chi connectivity index (χ3n) is 3.90. The molecule has 0 fully saturated rings.